The molecule has 0 radical (unpaired) electrons. The number of hydrogen-bond acceptors (Lipinski definition) is 3. The van der Waals surface area contributed by atoms with E-state index in [1.54, 1.807) is 0 Å². The highest BCUT2D eigenvalue weighted by Crippen LogP contribution is 1.90. The summed E-state index contributed by atoms with van der Waals surface area (Å²) in [4.78, 5) is 0. The van der Waals surface area contributed by atoms with Crippen LogP contribution < -0.4 is 0 Å². The van der Waals surface area contributed by atoms with Gasteiger partial charge in [-0.2, -0.15) is 0 Å². The normalized spacial score (nSPS) is 11.1. The molecule has 0 aliphatic heterocycles. The highest BCUT2D eigenvalue weighted by molar-refractivity contribution is 4.39. The van der Waals surface area contributed by atoms with Crippen molar-refractivity contribution in [1.82, 2.24) is 5.23 Å². The van der Waals surface area contributed by atoms with Gasteiger partial charge in [-0.05, 0) is 5.92 Å². The summed E-state index contributed by atoms with van der Waals surface area (Å²) in [7, 11) is 0. The van der Waals surface area contributed by atoms with E-state index in [-0.39, 0.29) is 5.23 Å². The van der Waals surface area contributed by atoms with Crippen LogP contribution in [0.15, 0.2) is 0 Å². The van der Waals surface area contributed by atoms with Gasteiger partial charge in [-0.15, -0.1) is 0 Å². The third kappa shape index (κ3) is 5.88. The number of hydrogen-bond donors (Lipinski definition) is 2. The van der Waals surface area contributed by atoms with Crippen molar-refractivity contribution >= 4 is 0 Å². The number of hydroxylamine groups is 2. The standard InChI is InChI=1S/C4H11NO2/c1-4(2)3-5(6)7/h4,6-7H,3H2,1-2H3. The van der Waals surface area contributed by atoms with Crippen LogP contribution in [0, 0.1) is 5.92 Å². The molecule has 7 heavy (non-hydrogen) atoms. The van der Waals surface area contributed by atoms with E-state index in [2.05, 4.69) is 0 Å². The van der Waals surface area contributed by atoms with E-state index < -0.39 is 0 Å². The topological polar surface area (TPSA) is 43.7 Å². The molecule has 0 aromatic rings. The predicted octanol–water partition coefficient (Wildman–Crippen LogP) is 0.723. The molecule has 3 nitrogen and oxygen atoms in total. The van der Waals surface area contributed by atoms with E-state index in [0.29, 0.717) is 12.5 Å². The van der Waals surface area contributed by atoms with Crippen molar-refractivity contribution in [2.45, 2.75) is 13.8 Å². The van der Waals surface area contributed by atoms with Gasteiger partial charge in [0.15, 0.2) is 0 Å². The summed E-state index contributed by atoms with van der Waals surface area (Å²) in [5.41, 5.74) is 0. The van der Waals surface area contributed by atoms with E-state index in [1.165, 1.54) is 0 Å². The second kappa shape index (κ2) is 2.96. The van der Waals surface area contributed by atoms with Crippen LogP contribution >= 0.6 is 0 Å². The average Bonchev–Trinajstić information content (AvgIpc) is 1.27. The first-order chi connectivity index (χ1) is 3.13. The first kappa shape index (κ1) is 6.88. The minimum Gasteiger partial charge on any atom is -0.290 e. The summed E-state index contributed by atoms with van der Waals surface area (Å²) in [6.07, 6.45) is 0. The molecule has 0 heterocycles. The van der Waals surface area contributed by atoms with Gasteiger partial charge in [0.05, 0.1) is 6.54 Å². The zero-order chi connectivity index (χ0) is 5.86. The van der Waals surface area contributed by atoms with E-state index in [0.717, 1.165) is 0 Å². The van der Waals surface area contributed by atoms with Crippen molar-refractivity contribution < 1.29 is 10.4 Å². The van der Waals surface area contributed by atoms with Gasteiger partial charge < -0.3 is 0 Å². The summed E-state index contributed by atoms with van der Waals surface area (Å²) in [5, 5.41) is 16.4. The minimum absolute atomic E-state index is 0.199. The van der Waals surface area contributed by atoms with E-state index in [4.69, 9.17) is 10.4 Å². The van der Waals surface area contributed by atoms with Crippen molar-refractivity contribution in [3.63, 3.8) is 0 Å². The highest BCUT2D eigenvalue weighted by atomic mass is 16.8. The van der Waals surface area contributed by atoms with Crippen molar-refractivity contribution in [3.05, 3.63) is 0 Å². The highest BCUT2D eigenvalue weighted by Gasteiger charge is 1.95. The molecule has 0 bridgehead atoms. The zero-order valence-electron chi connectivity index (χ0n) is 4.63. The lowest BCUT2D eigenvalue weighted by atomic mass is 10.2. The van der Waals surface area contributed by atoms with Crippen LogP contribution in [0.2, 0.25) is 0 Å². The van der Waals surface area contributed by atoms with Gasteiger partial charge in [0.25, 0.3) is 0 Å². The number of rotatable bonds is 2. The van der Waals surface area contributed by atoms with Crippen molar-refractivity contribution in [2.24, 2.45) is 5.92 Å². The third-order valence-corrected chi connectivity index (χ3v) is 0.528. The van der Waals surface area contributed by atoms with Gasteiger partial charge in [-0.1, -0.05) is 19.1 Å². The maximum absolute atomic E-state index is 8.11. The maximum atomic E-state index is 8.11. The molecule has 0 rings (SSSR count). The Bertz CT molecular complexity index is 39.0. The molecule has 0 spiro atoms. The Morgan fingerprint density at radius 1 is 1.43 bits per heavy atom. The second-order valence-corrected chi connectivity index (χ2v) is 1.95. The Balaban J connectivity index is 2.95. The Labute approximate surface area is 43.1 Å². The average molecular weight is 105 g/mol. The Morgan fingerprint density at radius 2 is 1.86 bits per heavy atom. The largest absolute Gasteiger partial charge is 0.290 e. The van der Waals surface area contributed by atoms with Crippen LogP contribution in [0.25, 0.3) is 0 Å². The lowest BCUT2D eigenvalue weighted by molar-refractivity contribution is -0.310. The van der Waals surface area contributed by atoms with Gasteiger partial charge >= 0.3 is 0 Å². The quantitative estimate of drug-likeness (QED) is 0.508. The van der Waals surface area contributed by atoms with Crippen molar-refractivity contribution in [2.75, 3.05) is 6.54 Å². The molecule has 0 unspecified atom stereocenters. The molecule has 0 saturated heterocycles. The second-order valence-electron chi connectivity index (χ2n) is 1.95. The lowest BCUT2D eigenvalue weighted by Crippen LogP contribution is -2.19. The maximum Gasteiger partial charge on any atom is 0.0535 e. The zero-order valence-corrected chi connectivity index (χ0v) is 4.63. The molecule has 0 aliphatic rings. The summed E-state index contributed by atoms with van der Waals surface area (Å²) in [5.74, 6) is 0.301. The lowest BCUT2D eigenvalue weighted by Gasteiger charge is -2.06. The molecule has 2 N–H and O–H groups in total. The summed E-state index contributed by atoms with van der Waals surface area (Å²) < 4.78 is 0. The first-order valence-corrected chi connectivity index (χ1v) is 2.28. The van der Waals surface area contributed by atoms with Gasteiger partial charge in [-0.25, -0.2) is 0 Å². The molecule has 3 heteroatoms. The van der Waals surface area contributed by atoms with Crippen molar-refractivity contribution in [1.29, 1.82) is 0 Å². The van der Waals surface area contributed by atoms with Crippen LogP contribution in [-0.4, -0.2) is 22.2 Å². The first-order valence-electron chi connectivity index (χ1n) is 2.28. The Kier molecular flexibility index (Phi) is 2.91. The predicted molar refractivity (Wildman–Crippen MR) is 25.1 cm³/mol. The van der Waals surface area contributed by atoms with E-state index >= 15 is 0 Å². The monoisotopic (exact) mass is 105 g/mol. The van der Waals surface area contributed by atoms with E-state index in [9.17, 15) is 0 Å². The fraction of sp³-hybridized carbons (Fsp3) is 1.00. The van der Waals surface area contributed by atoms with Crippen LogP contribution in [0.5, 0.6) is 0 Å². The number of nitrogens with zero attached hydrogens (tertiary/aromatic N) is 1. The summed E-state index contributed by atoms with van der Waals surface area (Å²) in [6.45, 7) is 4.11. The molecule has 0 aliphatic carbocycles. The molecule has 0 aromatic carbocycles. The molecule has 0 fully saturated rings. The van der Waals surface area contributed by atoms with Crippen LogP contribution in [-0.2, 0) is 0 Å². The van der Waals surface area contributed by atoms with Crippen LogP contribution in [0.1, 0.15) is 13.8 Å². The fourth-order valence-corrected chi connectivity index (χ4v) is 0.327. The van der Waals surface area contributed by atoms with E-state index in [1.807, 2.05) is 13.8 Å². The third-order valence-electron chi connectivity index (χ3n) is 0.528. The molecule has 44 valence electrons. The van der Waals surface area contributed by atoms with Gasteiger partial charge in [0.2, 0.25) is 0 Å². The van der Waals surface area contributed by atoms with Gasteiger partial charge in [0, 0.05) is 0 Å². The molecular weight excluding hydrogens is 94.0 g/mol. The fourth-order valence-electron chi connectivity index (χ4n) is 0.327. The van der Waals surface area contributed by atoms with Crippen LogP contribution in [0.3, 0.4) is 0 Å². The summed E-state index contributed by atoms with van der Waals surface area (Å²) in [6, 6.07) is 0. The smallest absolute Gasteiger partial charge is 0.0535 e. The SMILES string of the molecule is CC(C)CN(O)O. The molecule has 0 saturated carbocycles. The molecule has 0 aromatic heterocycles. The Hall–Kier alpha value is -0.120. The molecular formula is C4H11NO2. The van der Waals surface area contributed by atoms with Gasteiger partial charge in [0.1, 0.15) is 0 Å². The van der Waals surface area contributed by atoms with Gasteiger partial charge in [-0.3, -0.25) is 10.4 Å². The van der Waals surface area contributed by atoms with Crippen LogP contribution in [0.4, 0.5) is 0 Å². The summed E-state index contributed by atoms with van der Waals surface area (Å²) >= 11 is 0. The molecule has 0 amide bonds. The Morgan fingerprint density at radius 3 is 1.86 bits per heavy atom. The van der Waals surface area contributed by atoms with Crippen molar-refractivity contribution in [3.8, 4) is 0 Å². The molecule has 0 atom stereocenters. The minimum atomic E-state index is 0.199.